The van der Waals surface area contributed by atoms with Crippen molar-refractivity contribution >= 4 is 11.8 Å². The lowest BCUT2D eigenvalue weighted by molar-refractivity contribution is -0.137. The number of nitrogens with zero attached hydrogens (tertiary/aromatic N) is 2. The zero-order valence-electron chi connectivity index (χ0n) is 15.8. The summed E-state index contributed by atoms with van der Waals surface area (Å²) >= 11 is 0. The maximum Gasteiger partial charge on any atom is 0.231 e. The van der Waals surface area contributed by atoms with Crippen molar-refractivity contribution in [3.63, 3.8) is 0 Å². The molecule has 1 saturated heterocycles. The lowest BCUT2D eigenvalue weighted by Crippen LogP contribution is -2.41. The molecule has 8 nitrogen and oxygen atoms in total. The summed E-state index contributed by atoms with van der Waals surface area (Å²) in [5, 5.41) is 0. The van der Waals surface area contributed by atoms with E-state index in [9.17, 15) is 9.59 Å². The molecular formula is C19H26N2O6. The fourth-order valence-corrected chi connectivity index (χ4v) is 3.34. The molecule has 0 N–H and O–H groups in total. The van der Waals surface area contributed by atoms with Gasteiger partial charge in [0.1, 0.15) is 0 Å². The number of amides is 2. The second kappa shape index (κ2) is 9.05. The highest BCUT2D eigenvalue weighted by molar-refractivity contribution is 5.89. The van der Waals surface area contributed by atoms with Crippen LogP contribution in [0.4, 0.5) is 0 Å². The van der Waals surface area contributed by atoms with Crippen LogP contribution in [0.25, 0.3) is 0 Å². The molecule has 0 saturated carbocycles. The van der Waals surface area contributed by atoms with Gasteiger partial charge < -0.3 is 28.7 Å². The first kappa shape index (κ1) is 19.4. The summed E-state index contributed by atoms with van der Waals surface area (Å²) in [5.41, 5.74) is 0.955. The molecule has 3 rings (SSSR count). The van der Waals surface area contributed by atoms with Gasteiger partial charge in [-0.3, -0.25) is 9.59 Å². The van der Waals surface area contributed by atoms with E-state index in [4.69, 9.17) is 18.9 Å². The monoisotopic (exact) mass is 378 g/mol. The van der Waals surface area contributed by atoms with Crippen LogP contribution in [-0.2, 0) is 25.6 Å². The summed E-state index contributed by atoms with van der Waals surface area (Å²) < 4.78 is 20.9. The minimum atomic E-state index is -0.333. The molecule has 0 radical (unpaired) electrons. The smallest absolute Gasteiger partial charge is 0.231 e. The molecule has 0 spiro atoms. The lowest BCUT2D eigenvalue weighted by Gasteiger charge is -2.25. The topological polar surface area (TPSA) is 77.5 Å². The third kappa shape index (κ3) is 4.70. The second-order valence-corrected chi connectivity index (χ2v) is 6.67. The molecule has 27 heavy (non-hydrogen) atoms. The Labute approximate surface area is 158 Å². The van der Waals surface area contributed by atoms with E-state index < -0.39 is 0 Å². The van der Waals surface area contributed by atoms with Crippen LogP contribution in [0.15, 0.2) is 18.2 Å². The van der Waals surface area contributed by atoms with E-state index in [2.05, 4.69) is 0 Å². The average molecular weight is 378 g/mol. The van der Waals surface area contributed by atoms with Crippen molar-refractivity contribution < 1.29 is 28.5 Å². The first-order valence-corrected chi connectivity index (χ1v) is 9.05. The molecule has 2 heterocycles. The molecule has 2 aliphatic heterocycles. The van der Waals surface area contributed by atoms with Crippen LogP contribution >= 0.6 is 0 Å². The minimum absolute atomic E-state index is 0.00977. The Balaban J connectivity index is 1.60. The molecule has 1 fully saturated rings. The maximum atomic E-state index is 12.9. The van der Waals surface area contributed by atoms with E-state index in [1.165, 1.54) is 0 Å². The number of methoxy groups -OCH3 is 2. The van der Waals surface area contributed by atoms with Gasteiger partial charge in [-0.15, -0.1) is 0 Å². The Morgan fingerprint density at radius 1 is 1.19 bits per heavy atom. The van der Waals surface area contributed by atoms with Crippen molar-refractivity contribution in [3.05, 3.63) is 23.8 Å². The van der Waals surface area contributed by atoms with Gasteiger partial charge in [-0.1, -0.05) is 6.07 Å². The summed E-state index contributed by atoms with van der Waals surface area (Å²) in [7, 11) is 3.20. The van der Waals surface area contributed by atoms with Crippen LogP contribution in [0, 0.1) is 5.92 Å². The Morgan fingerprint density at radius 2 is 1.89 bits per heavy atom. The highest BCUT2D eigenvalue weighted by atomic mass is 16.7. The van der Waals surface area contributed by atoms with E-state index in [1.807, 2.05) is 18.2 Å². The standard InChI is InChI=1S/C19H26N2O6/c1-24-7-5-20(6-8-25-2)19(23)15-10-18(22)21(12-15)11-14-3-4-16-17(9-14)27-13-26-16/h3-4,9,15H,5-8,10-13H2,1-2H3. The van der Waals surface area contributed by atoms with Gasteiger partial charge in [-0.05, 0) is 17.7 Å². The second-order valence-electron chi connectivity index (χ2n) is 6.67. The van der Waals surface area contributed by atoms with Gasteiger partial charge in [0.15, 0.2) is 11.5 Å². The summed E-state index contributed by atoms with van der Waals surface area (Å²) in [6.07, 6.45) is 0.236. The highest BCUT2D eigenvalue weighted by Gasteiger charge is 2.36. The van der Waals surface area contributed by atoms with Gasteiger partial charge in [-0.2, -0.15) is 0 Å². The molecule has 2 aliphatic rings. The van der Waals surface area contributed by atoms with Gasteiger partial charge in [0.05, 0.1) is 19.1 Å². The number of hydrogen-bond donors (Lipinski definition) is 0. The molecule has 0 aromatic heterocycles. The molecule has 1 aromatic carbocycles. The van der Waals surface area contributed by atoms with Crippen LogP contribution in [0.3, 0.4) is 0 Å². The largest absolute Gasteiger partial charge is 0.454 e. The van der Waals surface area contributed by atoms with Crippen LogP contribution < -0.4 is 9.47 Å². The van der Waals surface area contributed by atoms with E-state index in [1.54, 1.807) is 24.0 Å². The van der Waals surface area contributed by atoms with Crippen LogP contribution in [0.1, 0.15) is 12.0 Å². The predicted octanol–water partition coefficient (Wildman–Crippen LogP) is 0.885. The minimum Gasteiger partial charge on any atom is -0.454 e. The molecule has 0 bridgehead atoms. The first-order valence-electron chi connectivity index (χ1n) is 9.05. The van der Waals surface area contributed by atoms with Crippen molar-refractivity contribution in [1.29, 1.82) is 0 Å². The normalized spacial score (nSPS) is 18.2. The summed E-state index contributed by atoms with van der Waals surface area (Å²) in [5.74, 6) is 1.04. The molecule has 1 unspecified atom stereocenters. The van der Waals surface area contributed by atoms with Gasteiger partial charge in [0.25, 0.3) is 0 Å². The number of carbonyl (C=O) groups is 2. The quantitative estimate of drug-likeness (QED) is 0.635. The fraction of sp³-hybridized carbons (Fsp3) is 0.579. The third-order valence-electron chi connectivity index (χ3n) is 4.82. The number of rotatable bonds is 9. The van der Waals surface area contributed by atoms with Gasteiger partial charge in [0.2, 0.25) is 18.6 Å². The van der Waals surface area contributed by atoms with Crippen LogP contribution in [0.2, 0.25) is 0 Å². The fourth-order valence-electron chi connectivity index (χ4n) is 3.34. The molecule has 148 valence electrons. The Kier molecular flexibility index (Phi) is 6.52. The molecule has 1 aromatic rings. The number of fused-ring (bicyclic) bond motifs is 1. The molecular weight excluding hydrogens is 352 g/mol. The summed E-state index contributed by atoms with van der Waals surface area (Å²) in [6, 6.07) is 5.64. The molecule has 1 atom stereocenters. The van der Waals surface area contributed by atoms with E-state index in [0.717, 1.165) is 5.56 Å². The SMILES string of the molecule is COCCN(CCOC)C(=O)C1CC(=O)N(Cc2ccc3c(c2)OCO3)C1. The Bertz CT molecular complexity index is 672. The van der Waals surface area contributed by atoms with Crippen molar-refractivity contribution in [1.82, 2.24) is 9.80 Å². The number of benzene rings is 1. The lowest BCUT2D eigenvalue weighted by atomic mass is 10.1. The Hall–Kier alpha value is -2.32. The third-order valence-corrected chi connectivity index (χ3v) is 4.82. The van der Waals surface area contributed by atoms with Crippen molar-refractivity contribution in [2.24, 2.45) is 5.92 Å². The maximum absolute atomic E-state index is 12.9. The van der Waals surface area contributed by atoms with Gasteiger partial charge >= 0.3 is 0 Å². The zero-order chi connectivity index (χ0) is 19.2. The summed E-state index contributed by atoms with van der Waals surface area (Å²) in [6.45, 7) is 2.99. The molecule has 2 amide bonds. The van der Waals surface area contributed by atoms with E-state index in [-0.39, 0.29) is 30.9 Å². The number of carbonyl (C=O) groups excluding carboxylic acids is 2. The number of hydrogen-bond acceptors (Lipinski definition) is 6. The van der Waals surface area contributed by atoms with Gasteiger partial charge in [-0.25, -0.2) is 0 Å². The first-order chi connectivity index (χ1) is 13.1. The van der Waals surface area contributed by atoms with Crippen molar-refractivity contribution in [2.45, 2.75) is 13.0 Å². The average Bonchev–Trinajstić information content (AvgIpc) is 3.28. The molecule has 8 heteroatoms. The van der Waals surface area contributed by atoms with Crippen molar-refractivity contribution in [2.75, 3.05) is 53.9 Å². The predicted molar refractivity (Wildman–Crippen MR) is 96.4 cm³/mol. The number of ether oxygens (including phenoxy) is 4. The van der Waals surface area contributed by atoms with Crippen LogP contribution in [-0.4, -0.2) is 75.5 Å². The molecule has 0 aliphatic carbocycles. The van der Waals surface area contributed by atoms with Gasteiger partial charge in [0, 0.05) is 46.8 Å². The highest BCUT2D eigenvalue weighted by Crippen LogP contribution is 2.33. The van der Waals surface area contributed by atoms with E-state index in [0.29, 0.717) is 50.9 Å². The number of likely N-dealkylation sites (tertiary alicyclic amines) is 1. The summed E-state index contributed by atoms with van der Waals surface area (Å²) in [4.78, 5) is 28.7. The van der Waals surface area contributed by atoms with Crippen molar-refractivity contribution in [3.8, 4) is 11.5 Å². The van der Waals surface area contributed by atoms with E-state index >= 15 is 0 Å². The zero-order valence-corrected chi connectivity index (χ0v) is 15.8. The Morgan fingerprint density at radius 3 is 2.59 bits per heavy atom. The van der Waals surface area contributed by atoms with Crippen LogP contribution in [0.5, 0.6) is 11.5 Å².